The Bertz CT molecular complexity index is 581. The van der Waals surface area contributed by atoms with Gasteiger partial charge in [-0.15, -0.1) is 0 Å². The number of hydrogen-bond donors (Lipinski definition) is 1. The molecule has 0 amide bonds. The Hall–Kier alpha value is -1.35. The van der Waals surface area contributed by atoms with E-state index in [-0.39, 0.29) is 0 Å². The molecule has 0 spiro atoms. The van der Waals surface area contributed by atoms with Gasteiger partial charge in [0.2, 0.25) is 0 Å². The van der Waals surface area contributed by atoms with E-state index in [9.17, 15) is 0 Å². The van der Waals surface area contributed by atoms with Crippen molar-refractivity contribution in [1.29, 1.82) is 0 Å². The molecule has 1 aromatic carbocycles. The Morgan fingerprint density at radius 2 is 2.10 bits per heavy atom. The molecule has 0 atom stereocenters. The fourth-order valence-corrected chi connectivity index (χ4v) is 3.40. The molecule has 0 saturated heterocycles. The van der Waals surface area contributed by atoms with Crippen LogP contribution < -0.4 is 5.32 Å². The first-order valence-electron chi connectivity index (χ1n) is 7.85. The normalized spacial score (nSPS) is 17.3. The summed E-state index contributed by atoms with van der Waals surface area (Å²) in [7, 11) is 2.05. The van der Waals surface area contributed by atoms with Gasteiger partial charge in [0, 0.05) is 19.0 Å². The summed E-state index contributed by atoms with van der Waals surface area (Å²) in [6, 6.07) is 8.59. The van der Waals surface area contributed by atoms with Crippen molar-refractivity contribution in [2.75, 3.05) is 13.1 Å². The minimum absolute atomic E-state index is 0.451. The van der Waals surface area contributed by atoms with Crippen molar-refractivity contribution < 1.29 is 0 Å². The predicted molar refractivity (Wildman–Crippen MR) is 83.9 cm³/mol. The molecule has 1 aliphatic rings. The van der Waals surface area contributed by atoms with E-state index in [1.54, 1.807) is 0 Å². The maximum Gasteiger partial charge on any atom is 0.0709 e. The van der Waals surface area contributed by atoms with Crippen molar-refractivity contribution in [1.82, 2.24) is 15.1 Å². The first-order chi connectivity index (χ1) is 9.74. The summed E-state index contributed by atoms with van der Waals surface area (Å²) in [4.78, 5) is 0. The SMILES string of the molecule is CCCNCC1(Cc2nn(C)c3ccccc23)CCC1. The minimum Gasteiger partial charge on any atom is -0.316 e. The Morgan fingerprint density at radius 1 is 1.30 bits per heavy atom. The highest BCUT2D eigenvalue weighted by Crippen LogP contribution is 2.43. The molecule has 1 heterocycles. The minimum atomic E-state index is 0.451. The van der Waals surface area contributed by atoms with Gasteiger partial charge in [-0.25, -0.2) is 0 Å². The van der Waals surface area contributed by atoms with Gasteiger partial charge in [-0.3, -0.25) is 4.68 Å². The van der Waals surface area contributed by atoms with E-state index in [2.05, 4.69) is 43.6 Å². The third-order valence-electron chi connectivity index (χ3n) is 4.72. The molecule has 3 nitrogen and oxygen atoms in total. The zero-order valence-corrected chi connectivity index (χ0v) is 12.7. The fourth-order valence-electron chi connectivity index (χ4n) is 3.40. The molecule has 1 saturated carbocycles. The Labute approximate surface area is 121 Å². The summed E-state index contributed by atoms with van der Waals surface area (Å²) in [6.45, 7) is 4.50. The summed E-state index contributed by atoms with van der Waals surface area (Å²) >= 11 is 0. The highest BCUT2D eigenvalue weighted by molar-refractivity contribution is 5.81. The van der Waals surface area contributed by atoms with Gasteiger partial charge in [0.15, 0.2) is 0 Å². The number of nitrogens with one attached hydrogen (secondary N) is 1. The number of hydrogen-bond acceptors (Lipinski definition) is 2. The van der Waals surface area contributed by atoms with Gasteiger partial charge < -0.3 is 5.32 Å². The number of aromatic nitrogens is 2. The monoisotopic (exact) mass is 271 g/mol. The summed E-state index contributed by atoms with van der Waals surface area (Å²) < 4.78 is 2.02. The van der Waals surface area contributed by atoms with Crippen LogP contribution in [-0.4, -0.2) is 22.9 Å². The number of rotatable bonds is 6. The van der Waals surface area contributed by atoms with Crippen LogP contribution in [0.2, 0.25) is 0 Å². The average molecular weight is 271 g/mol. The summed E-state index contributed by atoms with van der Waals surface area (Å²) in [5.74, 6) is 0. The van der Waals surface area contributed by atoms with Crippen molar-refractivity contribution in [3.05, 3.63) is 30.0 Å². The third-order valence-corrected chi connectivity index (χ3v) is 4.72. The highest BCUT2D eigenvalue weighted by atomic mass is 15.3. The summed E-state index contributed by atoms with van der Waals surface area (Å²) in [6.07, 6.45) is 6.38. The van der Waals surface area contributed by atoms with Crippen molar-refractivity contribution >= 4 is 10.9 Å². The molecular formula is C17H25N3. The van der Waals surface area contributed by atoms with E-state index in [0.717, 1.165) is 19.5 Å². The van der Waals surface area contributed by atoms with E-state index in [1.807, 2.05) is 4.68 Å². The lowest BCUT2D eigenvalue weighted by molar-refractivity contribution is 0.129. The average Bonchev–Trinajstić information content (AvgIpc) is 2.73. The molecule has 0 radical (unpaired) electrons. The smallest absolute Gasteiger partial charge is 0.0709 e. The Kier molecular flexibility index (Phi) is 3.79. The molecule has 0 bridgehead atoms. The number of aryl methyl sites for hydroxylation is 1. The van der Waals surface area contributed by atoms with Gasteiger partial charge in [0.25, 0.3) is 0 Å². The second kappa shape index (κ2) is 5.57. The zero-order valence-electron chi connectivity index (χ0n) is 12.7. The molecule has 1 N–H and O–H groups in total. The predicted octanol–water partition coefficient (Wildman–Crippen LogP) is 3.29. The lowest BCUT2D eigenvalue weighted by Gasteiger charge is -2.42. The number of nitrogens with zero attached hydrogens (tertiary/aromatic N) is 2. The van der Waals surface area contributed by atoms with Gasteiger partial charge in [-0.1, -0.05) is 31.5 Å². The van der Waals surface area contributed by atoms with Crippen LogP contribution in [0.1, 0.15) is 38.3 Å². The number of fused-ring (bicyclic) bond motifs is 1. The van der Waals surface area contributed by atoms with E-state index < -0.39 is 0 Å². The lowest BCUT2D eigenvalue weighted by atomic mass is 9.66. The molecule has 0 aliphatic heterocycles. The highest BCUT2D eigenvalue weighted by Gasteiger charge is 2.37. The maximum atomic E-state index is 4.77. The van der Waals surface area contributed by atoms with E-state index in [0.29, 0.717) is 5.41 Å². The summed E-state index contributed by atoms with van der Waals surface area (Å²) in [5, 5.41) is 9.72. The molecule has 1 aromatic heterocycles. The van der Waals surface area contributed by atoms with Crippen molar-refractivity contribution in [2.24, 2.45) is 12.5 Å². The second-order valence-electron chi connectivity index (χ2n) is 6.29. The molecule has 3 rings (SSSR count). The molecule has 20 heavy (non-hydrogen) atoms. The third kappa shape index (κ3) is 2.47. The lowest BCUT2D eigenvalue weighted by Crippen LogP contribution is -2.42. The topological polar surface area (TPSA) is 29.9 Å². The molecular weight excluding hydrogens is 246 g/mol. The Balaban J connectivity index is 1.81. The zero-order chi connectivity index (χ0) is 14.0. The van der Waals surface area contributed by atoms with Crippen LogP contribution in [0.3, 0.4) is 0 Å². The van der Waals surface area contributed by atoms with Crippen LogP contribution in [0, 0.1) is 5.41 Å². The molecule has 0 unspecified atom stereocenters. The van der Waals surface area contributed by atoms with Gasteiger partial charge in [-0.05, 0) is 43.7 Å². The van der Waals surface area contributed by atoms with E-state index in [4.69, 9.17) is 5.10 Å². The van der Waals surface area contributed by atoms with Gasteiger partial charge in [-0.2, -0.15) is 5.10 Å². The summed E-state index contributed by atoms with van der Waals surface area (Å²) in [5.41, 5.74) is 2.98. The van der Waals surface area contributed by atoms with Crippen LogP contribution in [0.5, 0.6) is 0 Å². The molecule has 1 aliphatic carbocycles. The molecule has 1 fully saturated rings. The van der Waals surface area contributed by atoms with E-state index >= 15 is 0 Å². The Morgan fingerprint density at radius 3 is 2.80 bits per heavy atom. The van der Waals surface area contributed by atoms with Crippen LogP contribution >= 0.6 is 0 Å². The van der Waals surface area contributed by atoms with Crippen LogP contribution in [-0.2, 0) is 13.5 Å². The number of para-hydroxylation sites is 1. The van der Waals surface area contributed by atoms with Crippen LogP contribution in [0.25, 0.3) is 10.9 Å². The van der Waals surface area contributed by atoms with Crippen molar-refractivity contribution in [2.45, 2.75) is 39.0 Å². The van der Waals surface area contributed by atoms with Gasteiger partial charge >= 0.3 is 0 Å². The van der Waals surface area contributed by atoms with Gasteiger partial charge in [0.05, 0.1) is 11.2 Å². The largest absolute Gasteiger partial charge is 0.316 e. The van der Waals surface area contributed by atoms with Crippen molar-refractivity contribution in [3.8, 4) is 0 Å². The maximum absolute atomic E-state index is 4.77. The molecule has 3 heteroatoms. The second-order valence-corrected chi connectivity index (χ2v) is 6.29. The number of benzene rings is 1. The first-order valence-corrected chi connectivity index (χ1v) is 7.85. The fraction of sp³-hybridized carbons (Fsp3) is 0.588. The van der Waals surface area contributed by atoms with Gasteiger partial charge in [0.1, 0.15) is 0 Å². The van der Waals surface area contributed by atoms with E-state index in [1.165, 1.54) is 42.3 Å². The molecule has 2 aromatic rings. The first kappa shape index (κ1) is 13.6. The van der Waals surface area contributed by atoms with Crippen LogP contribution in [0.4, 0.5) is 0 Å². The van der Waals surface area contributed by atoms with Crippen LogP contribution in [0.15, 0.2) is 24.3 Å². The standard InChI is InChI=1S/C17H25N3/c1-3-11-18-13-17(9-6-10-17)12-15-14-7-4-5-8-16(14)20(2)19-15/h4-5,7-8,18H,3,6,9-13H2,1-2H3. The quantitative estimate of drug-likeness (QED) is 0.817. The van der Waals surface area contributed by atoms with Crippen molar-refractivity contribution in [3.63, 3.8) is 0 Å². The molecule has 108 valence electrons.